The summed E-state index contributed by atoms with van der Waals surface area (Å²) >= 11 is 12.0. The van der Waals surface area contributed by atoms with Crippen LogP contribution in [0.1, 0.15) is 11.1 Å². The molecule has 0 fully saturated rings. The van der Waals surface area contributed by atoms with E-state index in [0.717, 1.165) is 11.1 Å². The van der Waals surface area contributed by atoms with Crippen LogP contribution in [0.2, 0.25) is 10.0 Å². The summed E-state index contributed by atoms with van der Waals surface area (Å²) in [6.45, 7) is 3.44. The molecule has 0 heterocycles. The van der Waals surface area contributed by atoms with Crippen LogP contribution in [0.25, 0.3) is 0 Å². The molecule has 0 saturated carbocycles. The molecule has 0 spiro atoms. The lowest BCUT2D eigenvalue weighted by atomic mass is 10.1. The SMILES string of the molecule is Cc1cc(OCC(=O)NN)c(Cl)c(C)c1Cl. The highest BCUT2D eigenvalue weighted by molar-refractivity contribution is 6.37. The number of carbonyl (C=O) groups is 1. The predicted octanol–water partition coefficient (Wildman–Crippen LogP) is 1.98. The molecule has 1 aromatic carbocycles. The van der Waals surface area contributed by atoms with Crippen LogP contribution in [0.5, 0.6) is 5.75 Å². The zero-order chi connectivity index (χ0) is 12.3. The molecule has 0 aliphatic carbocycles. The summed E-state index contributed by atoms with van der Waals surface area (Å²) in [5, 5.41) is 1.00. The van der Waals surface area contributed by atoms with Gasteiger partial charge in [0, 0.05) is 5.02 Å². The Bertz CT molecular complexity index is 422. The van der Waals surface area contributed by atoms with Gasteiger partial charge >= 0.3 is 0 Å². The summed E-state index contributed by atoms with van der Waals surface area (Å²) in [6.07, 6.45) is 0. The van der Waals surface area contributed by atoms with Crippen LogP contribution >= 0.6 is 23.2 Å². The third-order valence-electron chi connectivity index (χ3n) is 2.09. The fourth-order valence-corrected chi connectivity index (χ4v) is 1.59. The number of rotatable bonds is 3. The van der Waals surface area contributed by atoms with Crippen LogP contribution in [-0.4, -0.2) is 12.5 Å². The number of ether oxygens (including phenoxy) is 1. The van der Waals surface area contributed by atoms with Crippen molar-refractivity contribution in [3.63, 3.8) is 0 Å². The lowest BCUT2D eigenvalue weighted by Gasteiger charge is -2.12. The maximum atomic E-state index is 10.9. The first-order valence-electron chi connectivity index (χ1n) is 4.54. The van der Waals surface area contributed by atoms with Crippen molar-refractivity contribution in [1.29, 1.82) is 0 Å². The molecule has 0 bridgehead atoms. The van der Waals surface area contributed by atoms with Gasteiger partial charge in [0.1, 0.15) is 5.75 Å². The third kappa shape index (κ3) is 2.78. The van der Waals surface area contributed by atoms with E-state index >= 15 is 0 Å². The number of carbonyl (C=O) groups excluding carboxylic acids is 1. The second kappa shape index (κ2) is 5.39. The Morgan fingerprint density at radius 3 is 2.62 bits per heavy atom. The maximum absolute atomic E-state index is 10.9. The van der Waals surface area contributed by atoms with Crippen LogP contribution in [-0.2, 0) is 4.79 Å². The van der Waals surface area contributed by atoms with Crippen LogP contribution in [0.15, 0.2) is 6.07 Å². The molecule has 88 valence electrons. The summed E-state index contributed by atoms with van der Waals surface area (Å²) in [5.41, 5.74) is 3.53. The number of amides is 1. The molecular weight excluding hydrogens is 251 g/mol. The Labute approximate surface area is 104 Å². The number of nitrogens with two attached hydrogens (primary N) is 1. The molecule has 6 heteroatoms. The van der Waals surface area contributed by atoms with Crippen LogP contribution in [0.3, 0.4) is 0 Å². The van der Waals surface area contributed by atoms with Gasteiger partial charge in [0.25, 0.3) is 5.91 Å². The molecule has 0 aliphatic heterocycles. The summed E-state index contributed by atoms with van der Waals surface area (Å²) in [6, 6.07) is 1.68. The quantitative estimate of drug-likeness (QED) is 0.498. The Balaban J connectivity index is 2.93. The number of aryl methyl sites for hydroxylation is 1. The molecule has 0 aromatic heterocycles. The molecule has 1 amide bonds. The maximum Gasteiger partial charge on any atom is 0.271 e. The lowest BCUT2D eigenvalue weighted by Crippen LogP contribution is -2.34. The Morgan fingerprint density at radius 1 is 1.44 bits per heavy atom. The molecule has 0 unspecified atom stereocenters. The van der Waals surface area contributed by atoms with Crippen molar-refractivity contribution in [3.05, 3.63) is 27.2 Å². The molecule has 1 aromatic rings. The fourth-order valence-electron chi connectivity index (χ4n) is 1.19. The summed E-state index contributed by atoms with van der Waals surface area (Å²) in [4.78, 5) is 10.9. The second-order valence-electron chi connectivity index (χ2n) is 3.30. The van der Waals surface area contributed by atoms with E-state index in [2.05, 4.69) is 0 Å². The molecule has 0 atom stereocenters. The number of hydrazine groups is 1. The van der Waals surface area contributed by atoms with Crippen LogP contribution in [0, 0.1) is 13.8 Å². The Kier molecular flexibility index (Phi) is 4.41. The highest BCUT2D eigenvalue weighted by Gasteiger charge is 2.12. The van der Waals surface area contributed by atoms with Crippen molar-refractivity contribution in [2.75, 3.05) is 6.61 Å². The van der Waals surface area contributed by atoms with Gasteiger partial charge in [-0.2, -0.15) is 0 Å². The first kappa shape index (κ1) is 13.1. The van der Waals surface area contributed by atoms with E-state index in [-0.39, 0.29) is 6.61 Å². The molecule has 1 rings (SSSR count). The van der Waals surface area contributed by atoms with Gasteiger partial charge in [0.05, 0.1) is 5.02 Å². The zero-order valence-electron chi connectivity index (χ0n) is 8.93. The number of benzene rings is 1. The average molecular weight is 263 g/mol. The molecule has 0 saturated heterocycles. The molecule has 16 heavy (non-hydrogen) atoms. The number of halogens is 2. The van der Waals surface area contributed by atoms with Gasteiger partial charge in [0.2, 0.25) is 0 Å². The van der Waals surface area contributed by atoms with Gasteiger partial charge in [-0.15, -0.1) is 0 Å². The van der Waals surface area contributed by atoms with Crippen LogP contribution in [0.4, 0.5) is 0 Å². The first-order chi connectivity index (χ1) is 7.47. The number of hydrogen-bond acceptors (Lipinski definition) is 3. The minimum Gasteiger partial charge on any atom is -0.482 e. The van der Waals surface area contributed by atoms with Crippen molar-refractivity contribution in [2.45, 2.75) is 13.8 Å². The fraction of sp³-hybridized carbons (Fsp3) is 0.300. The summed E-state index contributed by atoms with van der Waals surface area (Å²) in [7, 11) is 0. The largest absolute Gasteiger partial charge is 0.482 e. The Hall–Kier alpha value is -0.970. The van der Waals surface area contributed by atoms with Crippen molar-refractivity contribution in [3.8, 4) is 5.75 Å². The summed E-state index contributed by atoms with van der Waals surface area (Å²) < 4.78 is 5.22. The molecule has 3 N–H and O–H groups in total. The summed E-state index contributed by atoms with van der Waals surface area (Å²) in [5.74, 6) is 4.92. The average Bonchev–Trinajstić information content (AvgIpc) is 2.28. The van der Waals surface area contributed by atoms with E-state index in [4.69, 9.17) is 33.8 Å². The van der Waals surface area contributed by atoms with E-state index in [1.54, 1.807) is 13.0 Å². The molecule has 0 aliphatic rings. The highest BCUT2D eigenvalue weighted by Crippen LogP contribution is 2.35. The van der Waals surface area contributed by atoms with Crippen molar-refractivity contribution < 1.29 is 9.53 Å². The number of hydrogen-bond donors (Lipinski definition) is 2. The van der Waals surface area contributed by atoms with Gasteiger partial charge in [-0.05, 0) is 31.0 Å². The second-order valence-corrected chi connectivity index (χ2v) is 4.06. The van der Waals surface area contributed by atoms with Gasteiger partial charge < -0.3 is 4.74 Å². The van der Waals surface area contributed by atoms with Crippen LogP contribution < -0.4 is 16.0 Å². The van der Waals surface area contributed by atoms with E-state index in [9.17, 15) is 4.79 Å². The smallest absolute Gasteiger partial charge is 0.271 e. The van der Waals surface area contributed by atoms with E-state index < -0.39 is 5.91 Å². The lowest BCUT2D eigenvalue weighted by molar-refractivity contribution is -0.123. The monoisotopic (exact) mass is 262 g/mol. The topological polar surface area (TPSA) is 64.3 Å². The first-order valence-corrected chi connectivity index (χ1v) is 5.30. The van der Waals surface area contributed by atoms with Crippen molar-refractivity contribution in [2.24, 2.45) is 5.84 Å². The predicted molar refractivity (Wildman–Crippen MR) is 63.8 cm³/mol. The zero-order valence-corrected chi connectivity index (χ0v) is 10.4. The van der Waals surface area contributed by atoms with E-state index in [0.29, 0.717) is 15.8 Å². The van der Waals surface area contributed by atoms with Crippen molar-refractivity contribution in [1.82, 2.24) is 5.43 Å². The minimum absolute atomic E-state index is 0.184. The van der Waals surface area contributed by atoms with Crippen molar-refractivity contribution >= 4 is 29.1 Å². The van der Waals surface area contributed by atoms with Gasteiger partial charge in [-0.25, -0.2) is 5.84 Å². The van der Waals surface area contributed by atoms with Gasteiger partial charge in [-0.1, -0.05) is 23.2 Å². The van der Waals surface area contributed by atoms with Gasteiger partial charge in [-0.3, -0.25) is 10.2 Å². The standard InChI is InChI=1S/C10H12Cl2N2O2/c1-5-3-7(16-4-8(15)14-13)10(12)6(2)9(5)11/h3H,4,13H2,1-2H3,(H,14,15). The normalized spacial score (nSPS) is 10.1. The van der Waals surface area contributed by atoms with E-state index in [1.165, 1.54) is 0 Å². The minimum atomic E-state index is -0.429. The molecular formula is C10H12Cl2N2O2. The third-order valence-corrected chi connectivity index (χ3v) is 3.14. The molecule has 0 radical (unpaired) electrons. The highest BCUT2D eigenvalue weighted by atomic mass is 35.5. The molecule has 4 nitrogen and oxygen atoms in total. The number of nitrogens with one attached hydrogen (secondary N) is 1. The Morgan fingerprint density at radius 2 is 2.06 bits per heavy atom. The van der Waals surface area contributed by atoms with Gasteiger partial charge in [0.15, 0.2) is 6.61 Å². The van der Waals surface area contributed by atoms with E-state index in [1.807, 2.05) is 12.3 Å².